The lowest BCUT2D eigenvalue weighted by atomic mass is 10.2. The molecule has 30 heavy (non-hydrogen) atoms. The van der Waals surface area contributed by atoms with Gasteiger partial charge in [-0.2, -0.15) is 23.4 Å². The number of halogens is 4. The Morgan fingerprint density at radius 3 is 2.73 bits per heavy atom. The van der Waals surface area contributed by atoms with Crippen LogP contribution < -0.4 is 11.1 Å². The number of nitrogens with zero attached hydrogens (tertiary/aromatic N) is 5. The van der Waals surface area contributed by atoms with Crippen molar-refractivity contribution in [2.45, 2.75) is 13.1 Å². The van der Waals surface area contributed by atoms with Crippen LogP contribution in [0.15, 0.2) is 42.7 Å². The zero-order chi connectivity index (χ0) is 21.6. The van der Waals surface area contributed by atoms with Gasteiger partial charge in [0.05, 0.1) is 28.2 Å². The third-order valence-corrected chi connectivity index (χ3v) is 4.53. The van der Waals surface area contributed by atoms with Crippen LogP contribution in [0.2, 0.25) is 5.02 Å². The third-order valence-electron chi connectivity index (χ3n) is 4.21. The molecule has 0 unspecified atom stereocenters. The van der Waals surface area contributed by atoms with Crippen LogP contribution >= 0.6 is 11.6 Å². The number of carbonyl (C=O) groups excluding carboxylic acids is 1. The molecule has 3 N–H and O–H groups in total. The summed E-state index contributed by atoms with van der Waals surface area (Å²) in [6.45, 7) is 1.63. The number of nitrogen functional groups attached to an aromatic ring is 1. The van der Waals surface area contributed by atoms with Crippen LogP contribution in [0.1, 0.15) is 21.6 Å². The predicted molar refractivity (Wildman–Crippen MR) is 104 cm³/mol. The summed E-state index contributed by atoms with van der Waals surface area (Å²) in [5.74, 6) is -0.261. The van der Waals surface area contributed by atoms with Crippen LogP contribution in [0.5, 0.6) is 0 Å². The van der Waals surface area contributed by atoms with Crippen LogP contribution in [-0.4, -0.2) is 30.3 Å². The molecule has 0 saturated carbocycles. The van der Waals surface area contributed by atoms with Crippen LogP contribution in [0.25, 0.3) is 11.3 Å². The molecule has 12 heteroatoms. The Hall–Kier alpha value is -3.60. The van der Waals surface area contributed by atoms with Crippen molar-refractivity contribution in [1.82, 2.24) is 24.4 Å². The van der Waals surface area contributed by atoms with Crippen LogP contribution in [0.3, 0.4) is 0 Å². The molecule has 0 radical (unpaired) electrons. The molecular formula is C18H13ClF3N7O. The third kappa shape index (κ3) is 3.54. The minimum Gasteiger partial charge on any atom is -0.384 e. The predicted octanol–water partition coefficient (Wildman–Crippen LogP) is 3.73. The second-order valence-electron chi connectivity index (χ2n) is 6.38. The van der Waals surface area contributed by atoms with E-state index in [-0.39, 0.29) is 33.6 Å². The van der Waals surface area contributed by atoms with Crippen molar-refractivity contribution in [3.8, 4) is 5.69 Å². The van der Waals surface area contributed by atoms with Gasteiger partial charge in [-0.25, -0.2) is 14.2 Å². The zero-order valence-electron chi connectivity index (χ0n) is 15.3. The molecule has 0 bridgehead atoms. The van der Waals surface area contributed by atoms with Gasteiger partial charge in [-0.3, -0.25) is 4.79 Å². The van der Waals surface area contributed by atoms with E-state index in [4.69, 9.17) is 17.3 Å². The smallest absolute Gasteiger partial charge is 0.384 e. The van der Waals surface area contributed by atoms with Gasteiger partial charge in [0.25, 0.3) is 5.91 Å². The molecule has 0 atom stereocenters. The minimum absolute atomic E-state index is 0.0304. The number of amides is 1. The summed E-state index contributed by atoms with van der Waals surface area (Å²) in [4.78, 5) is 16.9. The van der Waals surface area contributed by atoms with Gasteiger partial charge in [0.15, 0.2) is 5.65 Å². The Bertz CT molecular complexity index is 1280. The number of rotatable bonds is 3. The van der Waals surface area contributed by atoms with Crippen LogP contribution in [0, 0.1) is 6.92 Å². The number of alkyl halides is 3. The average Bonchev–Trinajstić information content (AvgIpc) is 3.24. The first-order chi connectivity index (χ1) is 14.1. The Balaban J connectivity index is 1.74. The number of nitrogens with two attached hydrogens (primary N) is 1. The molecule has 154 valence electrons. The number of aromatic nitrogens is 5. The second kappa shape index (κ2) is 7.02. The van der Waals surface area contributed by atoms with Crippen molar-refractivity contribution in [1.29, 1.82) is 0 Å². The summed E-state index contributed by atoms with van der Waals surface area (Å²) in [5, 5.41) is 10.9. The van der Waals surface area contributed by atoms with E-state index in [0.29, 0.717) is 5.69 Å². The summed E-state index contributed by atoms with van der Waals surface area (Å²) >= 11 is 6.12. The van der Waals surface area contributed by atoms with Crippen molar-refractivity contribution < 1.29 is 18.0 Å². The Morgan fingerprint density at radius 2 is 2.00 bits per heavy atom. The van der Waals surface area contributed by atoms with E-state index < -0.39 is 17.6 Å². The maximum atomic E-state index is 13.1. The first-order valence-electron chi connectivity index (χ1n) is 8.48. The topological polar surface area (TPSA) is 103 Å². The van der Waals surface area contributed by atoms with Crippen molar-refractivity contribution >= 4 is 34.8 Å². The summed E-state index contributed by atoms with van der Waals surface area (Å²) < 4.78 is 41.9. The molecule has 0 aliphatic heterocycles. The SMILES string of the molecule is Cc1cc(NC(=O)c2cnn3ccc(N)nc23)n(-c2cc(C(F)(F)F)ccc2Cl)n1. The zero-order valence-corrected chi connectivity index (χ0v) is 16.0. The van der Waals surface area contributed by atoms with Gasteiger partial charge in [-0.1, -0.05) is 11.6 Å². The van der Waals surface area contributed by atoms with Gasteiger partial charge in [-0.15, -0.1) is 0 Å². The number of hydrogen-bond donors (Lipinski definition) is 2. The lowest BCUT2D eigenvalue weighted by molar-refractivity contribution is -0.137. The Morgan fingerprint density at radius 1 is 1.23 bits per heavy atom. The monoisotopic (exact) mass is 435 g/mol. The van der Waals surface area contributed by atoms with Crippen LogP contribution in [0.4, 0.5) is 24.8 Å². The van der Waals surface area contributed by atoms with Crippen molar-refractivity contribution in [2.24, 2.45) is 0 Å². The molecule has 4 aromatic rings. The Kier molecular flexibility index (Phi) is 4.61. The summed E-state index contributed by atoms with van der Waals surface area (Å²) in [6.07, 6.45) is -1.71. The van der Waals surface area contributed by atoms with Gasteiger partial charge in [0.1, 0.15) is 17.2 Å². The highest BCUT2D eigenvalue weighted by molar-refractivity contribution is 6.32. The molecule has 8 nitrogen and oxygen atoms in total. The van der Waals surface area contributed by atoms with Gasteiger partial charge < -0.3 is 11.1 Å². The number of aryl methyl sites for hydroxylation is 1. The molecule has 1 amide bonds. The lowest BCUT2D eigenvalue weighted by Gasteiger charge is -2.13. The number of carbonyl (C=O) groups is 1. The summed E-state index contributed by atoms with van der Waals surface area (Å²) in [5.41, 5.74) is 5.56. The highest BCUT2D eigenvalue weighted by Crippen LogP contribution is 2.34. The van der Waals surface area contributed by atoms with Crippen LogP contribution in [-0.2, 0) is 6.18 Å². The maximum absolute atomic E-state index is 13.1. The van der Waals surface area contributed by atoms with Gasteiger partial charge in [0, 0.05) is 12.3 Å². The van der Waals surface area contributed by atoms with E-state index >= 15 is 0 Å². The molecule has 1 aromatic carbocycles. The van der Waals surface area contributed by atoms with E-state index in [0.717, 1.165) is 22.9 Å². The molecule has 4 rings (SSSR count). The number of hydrogen-bond acceptors (Lipinski definition) is 5. The number of nitrogens with one attached hydrogen (secondary N) is 1. The number of benzene rings is 1. The molecule has 0 saturated heterocycles. The molecule has 0 aliphatic carbocycles. The molecular weight excluding hydrogens is 423 g/mol. The summed E-state index contributed by atoms with van der Waals surface area (Å²) in [6, 6.07) is 5.88. The fraction of sp³-hybridized carbons (Fsp3) is 0.111. The van der Waals surface area contributed by atoms with E-state index in [1.54, 1.807) is 13.1 Å². The average molecular weight is 436 g/mol. The van der Waals surface area contributed by atoms with E-state index in [2.05, 4.69) is 20.5 Å². The molecule has 3 heterocycles. The molecule has 3 aromatic heterocycles. The first-order valence-corrected chi connectivity index (χ1v) is 8.86. The standard InChI is InChI=1S/C18H13ClF3N7O/c1-9-6-15(26-17(30)11-8-24-28-5-4-14(23)25-16(11)28)29(27-9)13-7-10(18(20,21)22)2-3-12(13)19/h2-8H,1H3,(H2,23,25)(H,26,30). The minimum atomic E-state index is -4.56. The largest absolute Gasteiger partial charge is 0.416 e. The molecule has 0 fully saturated rings. The van der Waals surface area contributed by atoms with E-state index in [1.807, 2.05) is 0 Å². The Labute approximate surface area is 172 Å². The van der Waals surface area contributed by atoms with Gasteiger partial charge in [-0.05, 0) is 31.2 Å². The molecule has 0 spiro atoms. The number of anilines is 2. The molecule has 0 aliphatic rings. The number of fused-ring (bicyclic) bond motifs is 1. The lowest BCUT2D eigenvalue weighted by Crippen LogP contribution is -2.16. The fourth-order valence-electron chi connectivity index (χ4n) is 2.85. The van der Waals surface area contributed by atoms with Crippen molar-refractivity contribution in [2.75, 3.05) is 11.1 Å². The second-order valence-corrected chi connectivity index (χ2v) is 6.79. The quantitative estimate of drug-likeness (QED) is 0.510. The van der Waals surface area contributed by atoms with Crippen molar-refractivity contribution in [3.05, 3.63) is 64.6 Å². The van der Waals surface area contributed by atoms with Gasteiger partial charge in [0.2, 0.25) is 0 Å². The maximum Gasteiger partial charge on any atom is 0.416 e. The summed E-state index contributed by atoms with van der Waals surface area (Å²) in [7, 11) is 0. The van der Waals surface area contributed by atoms with Crippen molar-refractivity contribution in [3.63, 3.8) is 0 Å². The fourth-order valence-corrected chi connectivity index (χ4v) is 3.05. The van der Waals surface area contributed by atoms with Gasteiger partial charge >= 0.3 is 6.18 Å². The first kappa shape index (κ1) is 19.7. The highest BCUT2D eigenvalue weighted by Gasteiger charge is 2.31. The highest BCUT2D eigenvalue weighted by atomic mass is 35.5. The normalized spacial score (nSPS) is 11.8. The van der Waals surface area contributed by atoms with E-state index in [1.165, 1.54) is 22.8 Å². The van der Waals surface area contributed by atoms with E-state index in [9.17, 15) is 18.0 Å².